The summed E-state index contributed by atoms with van der Waals surface area (Å²) in [5.41, 5.74) is 6.77. The second-order valence-electron chi connectivity index (χ2n) is 4.97. The molecule has 4 nitrogen and oxygen atoms in total. The van der Waals surface area contributed by atoms with Gasteiger partial charge in [-0.25, -0.2) is 4.79 Å². The Morgan fingerprint density at radius 2 is 2.00 bits per heavy atom. The van der Waals surface area contributed by atoms with E-state index in [0.717, 1.165) is 24.8 Å². The van der Waals surface area contributed by atoms with Crippen LogP contribution in [0.15, 0.2) is 30.3 Å². The second-order valence-corrected chi connectivity index (χ2v) is 4.97. The first-order chi connectivity index (χ1) is 8.60. The molecule has 19 heavy (non-hydrogen) atoms. The molecule has 106 valence electrons. The molecular formula is C14H21ClN2O2. The van der Waals surface area contributed by atoms with E-state index in [1.54, 1.807) is 0 Å². The second kappa shape index (κ2) is 6.26. The predicted octanol–water partition coefficient (Wildman–Crippen LogP) is 2.86. The molecule has 3 N–H and O–H groups in total. The third-order valence-electron chi connectivity index (χ3n) is 3.84. The summed E-state index contributed by atoms with van der Waals surface area (Å²) in [6.45, 7) is 2.43. The first kappa shape index (κ1) is 15.8. The Hall–Kier alpha value is -1.26. The molecule has 0 aliphatic heterocycles. The Bertz CT molecular complexity index is 421. The van der Waals surface area contributed by atoms with Crippen LogP contribution in [-0.4, -0.2) is 27.7 Å². The van der Waals surface area contributed by atoms with Gasteiger partial charge in [0.05, 0.1) is 5.54 Å². The van der Waals surface area contributed by atoms with E-state index in [2.05, 4.69) is 0 Å². The smallest absolute Gasteiger partial charge is 0.408 e. The molecule has 1 aliphatic rings. The molecule has 0 radical (unpaired) electrons. The van der Waals surface area contributed by atoms with E-state index >= 15 is 0 Å². The molecule has 5 heteroatoms. The zero-order chi connectivity index (χ0) is 13.2. The van der Waals surface area contributed by atoms with E-state index in [-0.39, 0.29) is 24.0 Å². The fourth-order valence-corrected chi connectivity index (χ4v) is 2.53. The molecule has 1 fully saturated rings. The standard InChI is InChI=1S/C14H20N2O2.ClH/c1-2-12(15)14(8-9-14)16(13(17)18)10-11-6-4-3-5-7-11;/h3-7,12H,2,8-10,15H2,1H3,(H,17,18);1H. The van der Waals surface area contributed by atoms with E-state index in [4.69, 9.17) is 5.73 Å². The summed E-state index contributed by atoms with van der Waals surface area (Å²) in [6, 6.07) is 9.60. The number of nitrogens with zero attached hydrogens (tertiary/aromatic N) is 1. The van der Waals surface area contributed by atoms with Crippen molar-refractivity contribution in [1.29, 1.82) is 0 Å². The molecule has 1 aromatic rings. The van der Waals surface area contributed by atoms with Gasteiger partial charge >= 0.3 is 6.09 Å². The summed E-state index contributed by atoms with van der Waals surface area (Å²) in [5, 5.41) is 9.42. The van der Waals surface area contributed by atoms with Gasteiger partial charge in [-0.05, 0) is 24.8 Å². The van der Waals surface area contributed by atoms with Crippen LogP contribution in [0.5, 0.6) is 0 Å². The van der Waals surface area contributed by atoms with Crippen LogP contribution in [0.25, 0.3) is 0 Å². The van der Waals surface area contributed by atoms with Crippen LogP contribution in [-0.2, 0) is 6.54 Å². The van der Waals surface area contributed by atoms with Crippen LogP contribution in [0.1, 0.15) is 31.7 Å². The summed E-state index contributed by atoms with van der Waals surface area (Å²) in [6.07, 6.45) is 1.68. The van der Waals surface area contributed by atoms with E-state index in [1.165, 1.54) is 4.90 Å². The largest absolute Gasteiger partial charge is 0.465 e. The molecule has 1 atom stereocenters. The lowest BCUT2D eigenvalue weighted by atomic mass is 10.0. The molecule has 1 amide bonds. The Morgan fingerprint density at radius 1 is 1.42 bits per heavy atom. The van der Waals surface area contributed by atoms with E-state index in [1.807, 2.05) is 37.3 Å². The average Bonchev–Trinajstić information content (AvgIpc) is 3.17. The minimum Gasteiger partial charge on any atom is -0.465 e. The number of rotatable bonds is 5. The zero-order valence-electron chi connectivity index (χ0n) is 11.1. The third kappa shape index (κ3) is 3.19. The lowest BCUT2D eigenvalue weighted by molar-refractivity contribution is 0.102. The van der Waals surface area contributed by atoms with Crippen molar-refractivity contribution >= 4 is 18.5 Å². The van der Waals surface area contributed by atoms with Crippen molar-refractivity contribution in [3.05, 3.63) is 35.9 Å². The summed E-state index contributed by atoms with van der Waals surface area (Å²) < 4.78 is 0. The van der Waals surface area contributed by atoms with Crippen LogP contribution in [0.2, 0.25) is 0 Å². The SMILES string of the molecule is CCC(N)C1(N(Cc2ccccc2)C(=O)O)CC1.Cl. The number of hydrogen-bond acceptors (Lipinski definition) is 2. The summed E-state index contributed by atoms with van der Waals surface area (Å²) >= 11 is 0. The van der Waals surface area contributed by atoms with Gasteiger partial charge in [0.2, 0.25) is 0 Å². The first-order valence-electron chi connectivity index (χ1n) is 6.40. The predicted molar refractivity (Wildman–Crippen MR) is 77.5 cm³/mol. The molecule has 0 bridgehead atoms. The van der Waals surface area contributed by atoms with Gasteiger partial charge in [-0.15, -0.1) is 12.4 Å². The molecule has 0 saturated heterocycles. The number of halogens is 1. The maximum atomic E-state index is 11.5. The van der Waals surface area contributed by atoms with Crippen molar-refractivity contribution in [2.45, 2.75) is 44.3 Å². The number of carbonyl (C=O) groups is 1. The Balaban J connectivity index is 0.00000180. The molecule has 1 saturated carbocycles. The Morgan fingerprint density at radius 3 is 2.42 bits per heavy atom. The first-order valence-corrected chi connectivity index (χ1v) is 6.40. The minimum atomic E-state index is -0.875. The van der Waals surface area contributed by atoms with Crippen LogP contribution < -0.4 is 5.73 Å². The summed E-state index contributed by atoms with van der Waals surface area (Å²) in [5.74, 6) is 0. The highest BCUT2D eigenvalue weighted by Gasteiger charge is 2.53. The van der Waals surface area contributed by atoms with Gasteiger partial charge in [0.25, 0.3) is 0 Å². The van der Waals surface area contributed by atoms with Gasteiger partial charge in [0.15, 0.2) is 0 Å². The van der Waals surface area contributed by atoms with Gasteiger partial charge in [0, 0.05) is 12.6 Å². The number of nitrogens with two attached hydrogens (primary N) is 1. The highest BCUT2D eigenvalue weighted by atomic mass is 35.5. The maximum absolute atomic E-state index is 11.5. The summed E-state index contributed by atoms with van der Waals surface area (Å²) in [4.78, 5) is 13.0. The lowest BCUT2D eigenvalue weighted by Crippen LogP contribution is -2.51. The van der Waals surface area contributed by atoms with Crippen LogP contribution in [0, 0.1) is 0 Å². The van der Waals surface area contributed by atoms with Crippen molar-refractivity contribution < 1.29 is 9.90 Å². The topological polar surface area (TPSA) is 66.6 Å². The maximum Gasteiger partial charge on any atom is 0.408 e. The Kier molecular flexibility index (Phi) is 5.20. The van der Waals surface area contributed by atoms with Gasteiger partial charge in [-0.2, -0.15) is 0 Å². The number of hydrogen-bond donors (Lipinski definition) is 2. The van der Waals surface area contributed by atoms with Gasteiger partial charge in [0.1, 0.15) is 0 Å². The number of amides is 1. The van der Waals surface area contributed by atoms with Crippen LogP contribution >= 0.6 is 12.4 Å². The average molecular weight is 285 g/mol. The van der Waals surface area contributed by atoms with Crippen molar-refractivity contribution in [2.24, 2.45) is 5.73 Å². The fraction of sp³-hybridized carbons (Fsp3) is 0.500. The van der Waals surface area contributed by atoms with E-state index in [9.17, 15) is 9.90 Å². The van der Waals surface area contributed by atoms with E-state index < -0.39 is 6.09 Å². The molecule has 1 aliphatic carbocycles. The Labute approximate surface area is 120 Å². The molecule has 2 rings (SSSR count). The van der Waals surface area contributed by atoms with Gasteiger partial charge in [-0.1, -0.05) is 37.3 Å². The van der Waals surface area contributed by atoms with Crippen molar-refractivity contribution in [3.8, 4) is 0 Å². The quantitative estimate of drug-likeness (QED) is 0.874. The van der Waals surface area contributed by atoms with E-state index in [0.29, 0.717) is 6.54 Å². The molecule has 0 heterocycles. The van der Waals surface area contributed by atoms with Crippen LogP contribution in [0.3, 0.4) is 0 Å². The minimum absolute atomic E-state index is 0. The van der Waals surface area contributed by atoms with Gasteiger partial charge < -0.3 is 10.8 Å². The highest BCUT2D eigenvalue weighted by molar-refractivity contribution is 5.85. The van der Waals surface area contributed by atoms with Gasteiger partial charge in [-0.3, -0.25) is 4.90 Å². The van der Waals surface area contributed by atoms with Crippen molar-refractivity contribution in [1.82, 2.24) is 4.90 Å². The van der Waals surface area contributed by atoms with Crippen LogP contribution in [0.4, 0.5) is 4.79 Å². The normalized spacial score (nSPS) is 17.2. The molecule has 1 aromatic carbocycles. The fourth-order valence-electron chi connectivity index (χ4n) is 2.53. The van der Waals surface area contributed by atoms with Crippen molar-refractivity contribution in [3.63, 3.8) is 0 Å². The molecule has 1 unspecified atom stereocenters. The summed E-state index contributed by atoms with van der Waals surface area (Å²) in [7, 11) is 0. The highest BCUT2D eigenvalue weighted by Crippen LogP contribution is 2.45. The molecular weight excluding hydrogens is 264 g/mol. The molecule has 0 aromatic heterocycles. The van der Waals surface area contributed by atoms with Crippen molar-refractivity contribution in [2.75, 3.05) is 0 Å². The number of benzene rings is 1. The number of carboxylic acid groups (broad SMARTS) is 1. The third-order valence-corrected chi connectivity index (χ3v) is 3.84. The lowest BCUT2D eigenvalue weighted by Gasteiger charge is -2.33. The molecule has 0 spiro atoms. The zero-order valence-corrected chi connectivity index (χ0v) is 11.9. The monoisotopic (exact) mass is 284 g/mol.